The lowest BCUT2D eigenvalue weighted by molar-refractivity contribution is -0.142. The zero-order valence-corrected chi connectivity index (χ0v) is 19.0. The summed E-state index contributed by atoms with van der Waals surface area (Å²) in [4.78, 5) is 51.8. The zero-order valence-electron chi connectivity index (χ0n) is 18.1. The number of guanidine groups is 1. The molecular weight excluding hydrogens is 450 g/mol. The van der Waals surface area contributed by atoms with Gasteiger partial charge in [-0.2, -0.15) is 12.6 Å². The van der Waals surface area contributed by atoms with E-state index in [4.69, 9.17) is 17.2 Å². The molecule has 3 amide bonds. The molecule has 0 aliphatic heterocycles. The first-order chi connectivity index (χ1) is 15.6. The predicted molar refractivity (Wildman–Crippen MR) is 126 cm³/mol. The number of nitrogens with zero attached hydrogens (tertiary/aromatic N) is 1. The minimum absolute atomic E-state index is 0.0838. The fraction of sp³-hybridized carbons (Fsp3) is 0.450. The highest BCUT2D eigenvalue weighted by atomic mass is 32.1. The van der Waals surface area contributed by atoms with E-state index in [0.717, 1.165) is 5.56 Å². The Morgan fingerprint density at radius 3 is 2.27 bits per heavy atom. The van der Waals surface area contributed by atoms with Crippen molar-refractivity contribution in [3.8, 4) is 0 Å². The molecule has 0 aromatic heterocycles. The molecule has 33 heavy (non-hydrogen) atoms. The molecule has 1 rings (SSSR count). The van der Waals surface area contributed by atoms with Gasteiger partial charge in [0.2, 0.25) is 17.7 Å². The summed E-state index contributed by atoms with van der Waals surface area (Å²) < 4.78 is 0. The summed E-state index contributed by atoms with van der Waals surface area (Å²) in [6.07, 6.45) is 0.707. The summed E-state index contributed by atoms with van der Waals surface area (Å²) in [5.74, 6) is -3.33. The monoisotopic (exact) mass is 481 g/mol. The molecule has 12 nitrogen and oxygen atoms in total. The smallest absolute Gasteiger partial charge is 0.326 e. The number of hydrogen-bond acceptors (Lipinski definition) is 7. The van der Waals surface area contributed by atoms with Crippen molar-refractivity contribution in [3.05, 3.63) is 35.9 Å². The molecule has 0 radical (unpaired) electrons. The molecule has 1 aromatic carbocycles. The Bertz CT molecular complexity index is 833. The molecule has 0 heterocycles. The van der Waals surface area contributed by atoms with Gasteiger partial charge in [-0.1, -0.05) is 30.3 Å². The Hall–Kier alpha value is -3.32. The van der Waals surface area contributed by atoms with Crippen LogP contribution in [0.3, 0.4) is 0 Å². The van der Waals surface area contributed by atoms with Crippen LogP contribution < -0.4 is 33.2 Å². The molecule has 0 spiro atoms. The van der Waals surface area contributed by atoms with Crippen LogP contribution in [0.1, 0.15) is 18.4 Å². The molecular formula is C20H31N7O5S. The van der Waals surface area contributed by atoms with Crippen LogP contribution in [0, 0.1) is 0 Å². The van der Waals surface area contributed by atoms with Gasteiger partial charge in [0.1, 0.15) is 12.1 Å². The van der Waals surface area contributed by atoms with E-state index < -0.39 is 48.4 Å². The number of carbonyl (C=O) groups excluding carboxylic acids is 3. The average Bonchev–Trinajstić information content (AvgIpc) is 2.77. The van der Waals surface area contributed by atoms with Gasteiger partial charge in [0.25, 0.3) is 0 Å². The number of hydrogen-bond donors (Lipinski definition) is 8. The number of nitrogens with two attached hydrogens (primary N) is 3. The number of aliphatic carboxylic acids is 1. The number of amides is 3. The van der Waals surface area contributed by atoms with E-state index in [-0.39, 0.29) is 24.7 Å². The second-order valence-corrected chi connectivity index (χ2v) is 7.53. The summed E-state index contributed by atoms with van der Waals surface area (Å²) in [5, 5.41) is 16.5. The largest absolute Gasteiger partial charge is 0.480 e. The van der Waals surface area contributed by atoms with Crippen molar-refractivity contribution in [1.29, 1.82) is 0 Å². The van der Waals surface area contributed by atoms with E-state index >= 15 is 0 Å². The zero-order chi connectivity index (χ0) is 24.8. The molecule has 10 N–H and O–H groups in total. The van der Waals surface area contributed by atoms with Crippen molar-refractivity contribution in [2.45, 2.75) is 37.4 Å². The molecule has 182 valence electrons. The third kappa shape index (κ3) is 11.2. The summed E-state index contributed by atoms with van der Waals surface area (Å²) in [5.41, 5.74) is 17.2. The summed E-state index contributed by atoms with van der Waals surface area (Å²) in [7, 11) is 0. The first kappa shape index (κ1) is 27.7. The minimum Gasteiger partial charge on any atom is -0.480 e. The summed E-state index contributed by atoms with van der Waals surface area (Å²) in [6.45, 7) is -0.194. The molecule has 0 fully saturated rings. The molecule has 0 aliphatic carbocycles. The highest BCUT2D eigenvalue weighted by Crippen LogP contribution is 2.02. The van der Waals surface area contributed by atoms with Crippen LogP contribution in [0.4, 0.5) is 0 Å². The fourth-order valence-corrected chi connectivity index (χ4v) is 2.99. The molecule has 3 atom stereocenters. The first-order valence-electron chi connectivity index (χ1n) is 10.2. The van der Waals surface area contributed by atoms with Gasteiger partial charge in [0.05, 0.1) is 12.6 Å². The standard InChI is InChI=1S/C20H31N7O5S/c21-13(9-12-5-2-1-3-6-12)17(29)25-10-16(28)26-15(11-33)18(30)27-14(19(31)32)7-4-8-24-20(22)23/h1-3,5-6,13-15,33H,4,7-11,21H2,(H,25,29)(H,26,28)(H,27,30)(H,31,32)(H4,22,23,24). The summed E-state index contributed by atoms with van der Waals surface area (Å²) >= 11 is 4.03. The third-order valence-corrected chi connectivity index (χ3v) is 4.82. The van der Waals surface area contributed by atoms with Gasteiger partial charge in [0.15, 0.2) is 5.96 Å². The van der Waals surface area contributed by atoms with Gasteiger partial charge < -0.3 is 38.3 Å². The Morgan fingerprint density at radius 2 is 1.70 bits per heavy atom. The topological polar surface area (TPSA) is 215 Å². The van der Waals surface area contributed by atoms with E-state index in [1.54, 1.807) is 0 Å². The van der Waals surface area contributed by atoms with E-state index in [1.165, 1.54) is 0 Å². The Balaban J connectivity index is 2.50. The van der Waals surface area contributed by atoms with Crippen molar-refractivity contribution in [3.63, 3.8) is 0 Å². The maximum Gasteiger partial charge on any atom is 0.326 e. The van der Waals surface area contributed by atoms with Gasteiger partial charge >= 0.3 is 5.97 Å². The minimum atomic E-state index is -1.24. The van der Waals surface area contributed by atoms with Gasteiger partial charge in [-0.05, 0) is 24.8 Å². The Morgan fingerprint density at radius 1 is 1.03 bits per heavy atom. The van der Waals surface area contributed by atoms with Crippen LogP contribution in [-0.4, -0.2) is 71.7 Å². The van der Waals surface area contributed by atoms with Crippen LogP contribution in [0.2, 0.25) is 0 Å². The normalized spacial score (nSPS) is 13.2. The second-order valence-electron chi connectivity index (χ2n) is 7.16. The third-order valence-electron chi connectivity index (χ3n) is 4.45. The molecule has 3 unspecified atom stereocenters. The van der Waals surface area contributed by atoms with Gasteiger partial charge in [-0.3, -0.25) is 19.4 Å². The number of carboxylic acids is 1. The van der Waals surface area contributed by atoms with Crippen molar-refractivity contribution >= 4 is 42.3 Å². The Kier molecular flexibility index (Phi) is 12.3. The highest BCUT2D eigenvalue weighted by molar-refractivity contribution is 7.80. The van der Waals surface area contributed by atoms with Gasteiger partial charge in [-0.25, -0.2) is 4.79 Å². The average molecular weight is 482 g/mol. The van der Waals surface area contributed by atoms with Gasteiger partial charge in [0, 0.05) is 12.3 Å². The summed E-state index contributed by atoms with van der Waals surface area (Å²) in [6, 6.07) is 6.03. The predicted octanol–water partition coefficient (Wildman–Crippen LogP) is -2.29. The van der Waals surface area contributed by atoms with Crippen LogP contribution in [0.5, 0.6) is 0 Å². The maximum absolute atomic E-state index is 12.4. The molecule has 1 aromatic rings. The SMILES string of the molecule is NC(N)=NCCCC(NC(=O)C(CS)NC(=O)CNC(=O)C(N)Cc1ccccc1)C(=O)O. The van der Waals surface area contributed by atoms with E-state index in [2.05, 4.69) is 33.6 Å². The lowest BCUT2D eigenvalue weighted by atomic mass is 10.1. The van der Waals surface area contributed by atoms with Crippen LogP contribution in [0.15, 0.2) is 35.3 Å². The van der Waals surface area contributed by atoms with Crippen molar-refractivity contribution in [2.24, 2.45) is 22.2 Å². The molecule has 0 aliphatic rings. The maximum atomic E-state index is 12.4. The van der Waals surface area contributed by atoms with Crippen LogP contribution >= 0.6 is 12.6 Å². The molecule has 13 heteroatoms. The lowest BCUT2D eigenvalue weighted by Crippen LogP contribution is -2.54. The number of carbonyl (C=O) groups is 4. The lowest BCUT2D eigenvalue weighted by Gasteiger charge is -2.20. The number of carboxylic acid groups (broad SMARTS) is 1. The number of nitrogens with one attached hydrogen (secondary N) is 3. The Labute approximate surface area is 197 Å². The molecule has 0 saturated carbocycles. The number of thiol groups is 1. The van der Waals surface area contributed by atoms with Crippen molar-refractivity contribution in [1.82, 2.24) is 16.0 Å². The molecule has 0 bridgehead atoms. The van der Waals surface area contributed by atoms with E-state index in [1.807, 2.05) is 30.3 Å². The van der Waals surface area contributed by atoms with Gasteiger partial charge in [-0.15, -0.1) is 0 Å². The molecule has 0 saturated heterocycles. The van der Waals surface area contributed by atoms with E-state index in [0.29, 0.717) is 12.8 Å². The number of rotatable bonds is 14. The second kappa shape index (κ2) is 14.7. The van der Waals surface area contributed by atoms with E-state index in [9.17, 15) is 24.3 Å². The number of aliphatic imine (C=N–C) groups is 1. The number of benzene rings is 1. The van der Waals surface area contributed by atoms with Crippen molar-refractivity contribution in [2.75, 3.05) is 18.8 Å². The highest BCUT2D eigenvalue weighted by Gasteiger charge is 2.25. The fourth-order valence-electron chi connectivity index (χ4n) is 2.73. The van der Waals surface area contributed by atoms with Crippen LogP contribution in [0.25, 0.3) is 0 Å². The van der Waals surface area contributed by atoms with Crippen molar-refractivity contribution < 1.29 is 24.3 Å². The first-order valence-corrected chi connectivity index (χ1v) is 10.8. The quantitative estimate of drug-likeness (QED) is 0.0624. The van der Waals surface area contributed by atoms with Crippen LogP contribution in [-0.2, 0) is 25.6 Å².